The van der Waals surface area contributed by atoms with E-state index >= 15 is 0 Å². The number of aromatic hydroxyl groups is 1. The summed E-state index contributed by atoms with van der Waals surface area (Å²) in [6, 6.07) is 6.70. The number of rotatable bonds is 6. The standard InChI is InChI=1S/C31H36N4O10/c1-34(2)19-12-18(33-30(42)45-15-8-6-14(44-5)7-9-15)24(36)21-16(19)10-13-11-17-23(35(3)4)26(38)22(29(32)41)28(40)31(17,43)27(39)20(13)25(21)37/h6-9,12-13,17,22-23,26,36-38,43H,10-11H2,1-5H3,(H2,32,41)(H,33,42)/t13-,17-,22?,23-,26?,31-/m1/s1. The molecule has 0 aliphatic heterocycles. The Kier molecular flexibility index (Phi) is 8.02. The number of hydrogen-bond donors (Lipinski definition) is 6. The van der Waals surface area contributed by atoms with Gasteiger partial charge in [-0.2, -0.15) is 0 Å². The van der Waals surface area contributed by atoms with Crippen molar-refractivity contribution < 1.29 is 49.1 Å². The third kappa shape index (κ3) is 4.94. The van der Waals surface area contributed by atoms with Gasteiger partial charge in [-0.3, -0.25) is 19.7 Å². The molecule has 240 valence electrons. The van der Waals surface area contributed by atoms with Crippen LogP contribution in [0.2, 0.25) is 0 Å². The number of Topliss-reactive ketones (excluding diaryl/α,β-unsaturated/α-hetero) is 2. The Labute approximate surface area is 258 Å². The van der Waals surface area contributed by atoms with Gasteiger partial charge in [0.25, 0.3) is 0 Å². The van der Waals surface area contributed by atoms with Gasteiger partial charge in [-0.1, -0.05) is 0 Å². The van der Waals surface area contributed by atoms with E-state index in [1.165, 1.54) is 30.2 Å². The van der Waals surface area contributed by atoms with Gasteiger partial charge in [0.2, 0.25) is 11.7 Å². The number of ether oxygens (including phenoxy) is 2. The van der Waals surface area contributed by atoms with Crippen molar-refractivity contribution in [2.45, 2.75) is 30.6 Å². The summed E-state index contributed by atoms with van der Waals surface area (Å²) >= 11 is 0. The average molecular weight is 625 g/mol. The smallest absolute Gasteiger partial charge is 0.417 e. The van der Waals surface area contributed by atoms with Crippen molar-refractivity contribution in [2.24, 2.45) is 23.5 Å². The molecule has 0 spiro atoms. The molecule has 2 saturated carbocycles. The van der Waals surface area contributed by atoms with E-state index < -0.39 is 70.6 Å². The SMILES string of the molecule is COc1ccc(OC(=O)Nc2cc(N(C)C)c3c(c2O)C(O)=C2C(=O)[C@@]4(O)C(=O)C(C(N)=O)C(O)[C@H](N(C)C)[C@H]4C[C@H]2C3)cc1. The van der Waals surface area contributed by atoms with Gasteiger partial charge in [-0.25, -0.2) is 4.79 Å². The Morgan fingerprint density at radius 2 is 1.69 bits per heavy atom. The number of hydrogen-bond acceptors (Lipinski definition) is 12. The van der Waals surface area contributed by atoms with Crippen molar-refractivity contribution in [3.05, 3.63) is 47.0 Å². The molecular weight excluding hydrogens is 588 g/mol. The van der Waals surface area contributed by atoms with Crippen molar-refractivity contribution in [2.75, 3.05) is 45.5 Å². The summed E-state index contributed by atoms with van der Waals surface area (Å²) in [6.45, 7) is 0. The van der Waals surface area contributed by atoms with Crippen LogP contribution in [0, 0.1) is 17.8 Å². The summed E-state index contributed by atoms with van der Waals surface area (Å²) in [7, 11) is 8.10. The molecule has 2 aromatic carbocycles. The number of aliphatic hydroxyl groups excluding tert-OH is 2. The molecule has 0 radical (unpaired) electrons. The number of nitrogens with zero attached hydrogens (tertiary/aromatic N) is 2. The highest BCUT2D eigenvalue weighted by Gasteiger charge is 2.67. The zero-order valence-electron chi connectivity index (χ0n) is 25.4. The molecule has 3 aliphatic rings. The van der Waals surface area contributed by atoms with Crippen LogP contribution in [0.1, 0.15) is 17.5 Å². The van der Waals surface area contributed by atoms with Crippen LogP contribution in [0.5, 0.6) is 17.2 Å². The van der Waals surface area contributed by atoms with Gasteiger partial charge in [0, 0.05) is 37.3 Å². The monoisotopic (exact) mass is 624 g/mol. The lowest BCUT2D eigenvalue weighted by molar-refractivity contribution is -0.184. The number of phenols is 1. The number of ketones is 2. The predicted molar refractivity (Wildman–Crippen MR) is 161 cm³/mol. The van der Waals surface area contributed by atoms with Gasteiger partial charge >= 0.3 is 6.09 Å². The molecule has 6 atom stereocenters. The van der Waals surface area contributed by atoms with Gasteiger partial charge in [-0.15, -0.1) is 0 Å². The number of nitrogens with one attached hydrogen (secondary N) is 1. The number of anilines is 2. The number of carbonyl (C=O) groups excluding carboxylic acids is 4. The van der Waals surface area contributed by atoms with E-state index in [4.69, 9.17) is 15.2 Å². The van der Waals surface area contributed by atoms with Gasteiger partial charge in [0.1, 0.15) is 23.2 Å². The number of methoxy groups -OCH3 is 1. The highest BCUT2D eigenvalue weighted by molar-refractivity contribution is 6.25. The summed E-state index contributed by atoms with van der Waals surface area (Å²) in [4.78, 5) is 55.9. The minimum Gasteiger partial charge on any atom is -0.507 e. The van der Waals surface area contributed by atoms with Crippen LogP contribution < -0.4 is 25.4 Å². The topological polar surface area (TPSA) is 212 Å². The first-order valence-electron chi connectivity index (χ1n) is 14.2. The highest BCUT2D eigenvalue weighted by Crippen LogP contribution is 2.54. The molecular formula is C31H36N4O10. The van der Waals surface area contributed by atoms with Crippen molar-refractivity contribution in [1.82, 2.24) is 4.90 Å². The molecule has 2 fully saturated rings. The normalized spacial score (nSPS) is 27.3. The molecule has 45 heavy (non-hydrogen) atoms. The summed E-state index contributed by atoms with van der Waals surface area (Å²) < 4.78 is 10.4. The zero-order valence-corrected chi connectivity index (χ0v) is 25.4. The molecule has 0 saturated heterocycles. The number of benzene rings is 2. The maximum atomic E-state index is 14.1. The minimum atomic E-state index is -2.77. The lowest BCUT2D eigenvalue weighted by Crippen LogP contribution is -2.73. The fraction of sp³-hybridized carbons (Fsp3) is 0.419. The molecule has 0 heterocycles. The first-order valence-corrected chi connectivity index (χ1v) is 14.2. The van der Waals surface area contributed by atoms with Crippen molar-refractivity contribution in [1.29, 1.82) is 0 Å². The molecule has 14 nitrogen and oxygen atoms in total. The van der Waals surface area contributed by atoms with E-state index in [0.717, 1.165) is 0 Å². The molecule has 2 aromatic rings. The maximum Gasteiger partial charge on any atom is 0.417 e. The zero-order chi connectivity index (χ0) is 33.1. The summed E-state index contributed by atoms with van der Waals surface area (Å²) in [6.07, 6.45) is -2.44. The second-order valence-corrected chi connectivity index (χ2v) is 12.0. The van der Waals surface area contributed by atoms with E-state index in [1.54, 1.807) is 45.2 Å². The number of fused-ring (bicyclic) bond motifs is 3. The highest BCUT2D eigenvalue weighted by atomic mass is 16.6. The van der Waals surface area contributed by atoms with Crippen molar-refractivity contribution in [3.63, 3.8) is 0 Å². The number of amides is 2. The van der Waals surface area contributed by atoms with E-state index in [-0.39, 0.29) is 35.4 Å². The first kappa shape index (κ1) is 31.8. The van der Waals surface area contributed by atoms with Crippen LogP contribution in [0.15, 0.2) is 35.9 Å². The molecule has 3 aliphatic carbocycles. The van der Waals surface area contributed by atoms with E-state index in [2.05, 4.69) is 5.32 Å². The van der Waals surface area contributed by atoms with E-state index in [9.17, 15) is 39.6 Å². The second kappa shape index (κ2) is 11.4. The van der Waals surface area contributed by atoms with Crippen LogP contribution in [-0.2, 0) is 20.8 Å². The average Bonchev–Trinajstić information content (AvgIpc) is 2.96. The molecule has 14 heteroatoms. The van der Waals surface area contributed by atoms with Gasteiger partial charge in [0.15, 0.2) is 17.1 Å². The Morgan fingerprint density at radius 3 is 2.24 bits per heavy atom. The summed E-state index contributed by atoms with van der Waals surface area (Å²) in [5.41, 5.74) is 3.00. The molecule has 0 aromatic heterocycles. The molecule has 2 unspecified atom stereocenters. The lowest BCUT2D eigenvalue weighted by Gasteiger charge is -2.53. The lowest BCUT2D eigenvalue weighted by atomic mass is 9.54. The van der Waals surface area contributed by atoms with Crippen LogP contribution in [0.3, 0.4) is 0 Å². The number of carbonyl (C=O) groups is 4. The van der Waals surface area contributed by atoms with Gasteiger partial charge in [-0.05, 0) is 68.8 Å². The van der Waals surface area contributed by atoms with Crippen LogP contribution in [0.25, 0.3) is 5.76 Å². The van der Waals surface area contributed by atoms with E-state index in [0.29, 0.717) is 17.0 Å². The molecule has 0 bridgehead atoms. The third-order valence-corrected chi connectivity index (χ3v) is 9.05. The largest absolute Gasteiger partial charge is 0.507 e. The Hall–Kier alpha value is -4.66. The number of primary amides is 1. The fourth-order valence-electron chi connectivity index (χ4n) is 7.03. The van der Waals surface area contributed by atoms with Crippen molar-refractivity contribution >= 4 is 40.7 Å². The van der Waals surface area contributed by atoms with Crippen LogP contribution in [-0.4, -0.2) is 102 Å². The Balaban J connectivity index is 1.59. The predicted octanol–water partition coefficient (Wildman–Crippen LogP) is 0.815. The quantitative estimate of drug-likeness (QED) is 0.195. The Morgan fingerprint density at radius 1 is 1.07 bits per heavy atom. The van der Waals surface area contributed by atoms with Gasteiger partial charge < -0.3 is 45.4 Å². The van der Waals surface area contributed by atoms with E-state index in [1.807, 2.05) is 0 Å². The summed E-state index contributed by atoms with van der Waals surface area (Å²) in [5.74, 6) is -7.80. The molecule has 5 rings (SSSR count). The third-order valence-electron chi connectivity index (χ3n) is 9.05. The fourth-order valence-corrected chi connectivity index (χ4v) is 7.03. The Bertz CT molecular complexity index is 1620. The number of likely N-dealkylation sites (N-methyl/N-ethyl adjacent to an activating group) is 1. The van der Waals surface area contributed by atoms with Gasteiger partial charge in [0.05, 0.1) is 24.5 Å². The summed E-state index contributed by atoms with van der Waals surface area (Å²) in [5, 5.41) is 48.2. The van der Waals surface area contributed by atoms with Crippen molar-refractivity contribution in [3.8, 4) is 17.2 Å². The second-order valence-electron chi connectivity index (χ2n) is 12.0. The molecule has 2 amide bonds. The van der Waals surface area contributed by atoms with Crippen LogP contribution in [0.4, 0.5) is 16.2 Å². The number of aliphatic hydroxyl groups is 3. The number of nitrogens with two attached hydrogens (primary N) is 1. The maximum absolute atomic E-state index is 14.1. The molecule has 7 N–H and O–H groups in total. The van der Waals surface area contributed by atoms with Crippen LogP contribution >= 0.6 is 0 Å². The first-order chi connectivity index (χ1) is 21.1. The number of phenolic OH excluding ortho intramolecular Hbond substituents is 1. The minimum absolute atomic E-state index is 0.0139.